The molecule has 1 aromatic heterocycles. The van der Waals surface area contributed by atoms with Crippen LogP contribution in [0.15, 0.2) is 52.7 Å². The number of hydrogen-bond donors (Lipinski definition) is 1. The van der Waals surface area contributed by atoms with Crippen molar-refractivity contribution in [1.29, 1.82) is 0 Å². The molecule has 0 aliphatic carbocycles. The van der Waals surface area contributed by atoms with Crippen molar-refractivity contribution in [3.8, 4) is 11.3 Å². The molecule has 2 aromatic carbocycles. The Morgan fingerprint density at radius 1 is 1.16 bits per heavy atom. The molecule has 2 heterocycles. The van der Waals surface area contributed by atoms with E-state index in [0.717, 1.165) is 16.3 Å². The normalized spacial score (nSPS) is 14.9. The number of nitrogens with one attached hydrogen (secondary N) is 1. The van der Waals surface area contributed by atoms with Crippen molar-refractivity contribution in [2.45, 2.75) is 25.2 Å². The van der Waals surface area contributed by atoms with Crippen molar-refractivity contribution in [2.75, 3.05) is 31.6 Å². The highest BCUT2D eigenvalue weighted by atomic mass is 32.2. The van der Waals surface area contributed by atoms with Crippen molar-refractivity contribution >= 4 is 33.0 Å². The highest BCUT2D eigenvalue weighted by Crippen LogP contribution is 2.25. The van der Waals surface area contributed by atoms with Crippen LogP contribution in [0.5, 0.6) is 0 Å². The fourth-order valence-corrected chi connectivity index (χ4v) is 5.93. The molecule has 168 valence electrons. The molecule has 1 aliphatic heterocycles. The topological polar surface area (TPSA) is 88.6 Å². The number of ether oxygens (including phenoxy) is 1. The average Bonchev–Trinajstić information content (AvgIpc) is 3.26. The molecule has 1 N–H and O–H groups in total. The molecule has 7 nitrogen and oxygen atoms in total. The van der Waals surface area contributed by atoms with Crippen LogP contribution in [0.4, 0.5) is 5.69 Å². The van der Waals surface area contributed by atoms with E-state index in [2.05, 4.69) is 10.3 Å². The minimum atomic E-state index is -3.70. The lowest BCUT2D eigenvalue weighted by Gasteiger charge is -2.27. The van der Waals surface area contributed by atoms with Gasteiger partial charge in [-0.1, -0.05) is 25.1 Å². The maximum Gasteiger partial charge on any atom is 0.255 e. The Labute approximate surface area is 192 Å². The van der Waals surface area contributed by atoms with E-state index in [1.165, 1.54) is 10.4 Å². The van der Waals surface area contributed by atoms with Crippen molar-refractivity contribution in [3.63, 3.8) is 0 Å². The highest BCUT2D eigenvalue weighted by molar-refractivity contribution is 7.89. The van der Waals surface area contributed by atoms with E-state index in [1.807, 2.05) is 43.5 Å². The zero-order chi connectivity index (χ0) is 22.7. The van der Waals surface area contributed by atoms with E-state index < -0.39 is 10.0 Å². The molecule has 0 bridgehead atoms. The van der Waals surface area contributed by atoms with Crippen LogP contribution in [-0.4, -0.2) is 49.9 Å². The van der Waals surface area contributed by atoms with E-state index in [4.69, 9.17) is 4.74 Å². The van der Waals surface area contributed by atoms with Gasteiger partial charge in [-0.25, -0.2) is 13.4 Å². The van der Waals surface area contributed by atoms with E-state index in [0.29, 0.717) is 49.5 Å². The monoisotopic (exact) mass is 471 g/mol. The first kappa shape index (κ1) is 22.6. The molecule has 0 spiro atoms. The molecule has 0 unspecified atom stereocenters. The van der Waals surface area contributed by atoms with Crippen LogP contribution in [0.3, 0.4) is 0 Å². The number of morpholine rings is 1. The lowest BCUT2D eigenvalue weighted by atomic mass is 10.1. The average molecular weight is 472 g/mol. The Hall–Kier alpha value is -2.59. The summed E-state index contributed by atoms with van der Waals surface area (Å²) >= 11 is 1.59. The number of carbonyl (C=O) groups is 1. The summed E-state index contributed by atoms with van der Waals surface area (Å²) in [5.74, 6) is -0.358. The first-order chi connectivity index (χ1) is 15.4. The molecule has 4 rings (SSSR count). The van der Waals surface area contributed by atoms with Gasteiger partial charge in [0.05, 0.1) is 28.8 Å². The third-order valence-corrected chi connectivity index (χ3v) is 8.11. The van der Waals surface area contributed by atoms with Gasteiger partial charge in [-0.05, 0) is 43.2 Å². The SMILES string of the molecule is CCc1ccc(C(=O)Nc2ccc(-c3csc(C)n3)cc2)cc1S(=O)(=O)N1CCOCC1. The molecular formula is C23H25N3O4S2. The van der Waals surface area contributed by atoms with E-state index in [9.17, 15) is 13.2 Å². The number of thiazole rings is 1. The third-order valence-electron chi connectivity index (χ3n) is 5.36. The summed E-state index contributed by atoms with van der Waals surface area (Å²) in [5, 5.41) is 5.84. The van der Waals surface area contributed by atoms with Crippen molar-refractivity contribution in [1.82, 2.24) is 9.29 Å². The number of anilines is 1. The third kappa shape index (κ3) is 4.75. The lowest BCUT2D eigenvalue weighted by Crippen LogP contribution is -2.41. The van der Waals surface area contributed by atoms with Gasteiger partial charge in [-0.2, -0.15) is 4.31 Å². The Balaban J connectivity index is 1.55. The maximum absolute atomic E-state index is 13.2. The Morgan fingerprint density at radius 3 is 2.50 bits per heavy atom. The van der Waals surface area contributed by atoms with E-state index >= 15 is 0 Å². The van der Waals surface area contributed by atoms with Gasteiger partial charge in [0.25, 0.3) is 5.91 Å². The molecule has 1 fully saturated rings. The number of carbonyl (C=O) groups excluding carboxylic acids is 1. The van der Waals surface area contributed by atoms with Gasteiger partial charge < -0.3 is 10.1 Å². The summed E-state index contributed by atoms with van der Waals surface area (Å²) in [7, 11) is -3.70. The minimum Gasteiger partial charge on any atom is -0.379 e. The highest BCUT2D eigenvalue weighted by Gasteiger charge is 2.29. The van der Waals surface area contributed by atoms with Gasteiger partial charge in [0.1, 0.15) is 0 Å². The second-order valence-corrected chi connectivity index (χ2v) is 10.4. The number of sulfonamides is 1. The number of benzene rings is 2. The molecule has 3 aromatic rings. The molecule has 32 heavy (non-hydrogen) atoms. The second kappa shape index (κ2) is 9.50. The Kier molecular flexibility index (Phi) is 6.71. The molecule has 1 saturated heterocycles. The molecule has 1 aliphatic rings. The summed E-state index contributed by atoms with van der Waals surface area (Å²) in [6, 6.07) is 12.3. The summed E-state index contributed by atoms with van der Waals surface area (Å²) in [6.45, 7) is 5.23. The first-order valence-electron chi connectivity index (χ1n) is 10.4. The largest absolute Gasteiger partial charge is 0.379 e. The van der Waals surface area contributed by atoms with Crippen molar-refractivity contribution in [2.24, 2.45) is 0 Å². The first-order valence-corrected chi connectivity index (χ1v) is 12.7. The van der Waals surface area contributed by atoms with Gasteiger partial charge in [0.15, 0.2) is 0 Å². The van der Waals surface area contributed by atoms with E-state index in [1.54, 1.807) is 23.5 Å². The quantitative estimate of drug-likeness (QED) is 0.588. The lowest BCUT2D eigenvalue weighted by molar-refractivity contribution is 0.0730. The smallest absolute Gasteiger partial charge is 0.255 e. The zero-order valence-electron chi connectivity index (χ0n) is 18.0. The van der Waals surface area contributed by atoms with Crippen molar-refractivity contribution < 1.29 is 17.9 Å². The fraction of sp³-hybridized carbons (Fsp3) is 0.304. The van der Waals surface area contributed by atoms with Gasteiger partial charge in [0.2, 0.25) is 10.0 Å². The van der Waals surface area contributed by atoms with Crippen LogP contribution in [0.25, 0.3) is 11.3 Å². The van der Waals surface area contributed by atoms with Gasteiger partial charge in [-0.15, -0.1) is 11.3 Å². The summed E-state index contributed by atoms with van der Waals surface area (Å²) in [6.07, 6.45) is 0.554. The van der Waals surface area contributed by atoms with Crippen LogP contribution in [0, 0.1) is 6.92 Å². The van der Waals surface area contributed by atoms with E-state index in [-0.39, 0.29) is 10.8 Å². The maximum atomic E-state index is 13.2. The number of rotatable bonds is 6. The van der Waals surface area contributed by atoms with Crippen LogP contribution in [0.2, 0.25) is 0 Å². The molecular weight excluding hydrogens is 446 g/mol. The van der Waals surface area contributed by atoms with Crippen LogP contribution < -0.4 is 5.32 Å². The molecule has 9 heteroatoms. The summed E-state index contributed by atoms with van der Waals surface area (Å²) in [4.78, 5) is 17.5. The molecule has 0 atom stereocenters. The minimum absolute atomic E-state index is 0.184. The van der Waals surface area contributed by atoms with Gasteiger partial charge in [0, 0.05) is 35.3 Å². The number of nitrogens with zero attached hydrogens (tertiary/aromatic N) is 2. The standard InChI is InChI=1S/C23H25N3O4S2/c1-3-17-4-5-19(14-22(17)32(28,29)26-10-12-30-13-11-26)23(27)25-20-8-6-18(7-9-20)21-15-31-16(2)24-21/h4-9,14-15H,3,10-13H2,1-2H3,(H,25,27). The van der Waals surface area contributed by atoms with Crippen molar-refractivity contribution in [3.05, 3.63) is 64.0 Å². The van der Waals surface area contributed by atoms with Crippen LogP contribution in [-0.2, 0) is 21.2 Å². The summed E-state index contributed by atoms with van der Waals surface area (Å²) in [5.41, 5.74) is 3.49. The predicted molar refractivity (Wildman–Crippen MR) is 126 cm³/mol. The fourth-order valence-electron chi connectivity index (χ4n) is 3.58. The number of amides is 1. The number of hydrogen-bond acceptors (Lipinski definition) is 6. The van der Waals surface area contributed by atoms with Gasteiger partial charge in [-0.3, -0.25) is 4.79 Å². The molecule has 0 saturated carbocycles. The predicted octanol–water partition coefficient (Wildman–Crippen LogP) is 3.95. The van der Waals surface area contributed by atoms with Crippen LogP contribution >= 0.6 is 11.3 Å². The molecule has 1 amide bonds. The van der Waals surface area contributed by atoms with Crippen LogP contribution in [0.1, 0.15) is 27.9 Å². The second-order valence-electron chi connectivity index (χ2n) is 7.48. The zero-order valence-corrected chi connectivity index (χ0v) is 19.6. The Morgan fingerprint density at radius 2 is 1.88 bits per heavy atom. The molecule has 0 radical (unpaired) electrons. The number of aryl methyl sites for hydroxylation is 2. The Bertz CT molecular complexity index is 1210. The van der Waals surface area contributed by atoms with Gasteiger partial charge >= 0.3 is 0 Å². The summed E-state index contributed by atoms with van der Waals surface area (Å²) < 4.78 is 33.1. The number of aromatic nitrogens is 1.